The van der Waals surface area contributed by atoms with Crippen LogP contribution in [-0.4, -0.2) is 45.6 Å². The minimum Gasteiger partial charge on any atom is -0.396 e. The smallest absolute Gasteiger partial charge is 0.270 e. The molecule has 1 fully saturated rings. The Morgan fingerprint density at radius 1 is 1.37 bits per heavy atom. The first kappa shape index (κ1) is 19.6. The zero-order valence-electron chi connectivity index (χ0n) is 17.1. The lowest BCUT2D eigenvalue weighted by molar-refractivity contribution is 0.0731. The van der Waals surface area contributed by atoms with Crippen molar-refractivity contribution >= 4 is 33.3 Å². The number of benzene rings is 1. The highest BCUT2D eigenvalue weighted by Crippen LogP contribution is 2.33. The molecule has 6 nitrogen and oxygen atoms in total. The topological polar surface area (TPSA) is 81.2 Å². The molecule has 0 bridgehead atoms. The van der Waals surface area contributed by atoms with Crippen molar-refractivity contribution in [2.24, 2.45) is 11.8 Å². The minimum atomic E-state index is 0.0422. The van der Waals surface area contributed by atoms with Crippen LogP contribution >= 0.6 is 11.3 Å². The summed E-state index contributed by atoms with van der Waals surface area (Å²) < 4.78 is 0. The molecule has 2 aliphatic rings. The van der Waals surface area contributed by atoms with E-state index in [0.29, 0.717) is 18.8 Å². The van der Waals surface area contributed by atoms with Gasteiger partial charge in [-0.05, 0) is 30.4 Å². The molecule has 0 radical (unpaired) electrons. The number of aliphatic hydroxyl groups excluding tert-OH is 1. The monoisotopic (exact) mass is 424 g/mol. The number of nitrogens with zero attached hydrogens (tertiary/aromatic N) is 2. The third-order valence-electron chi connectivity index (χ3n) is 6.47. The van der Waals surface area contributed by atoms with Crippen molar-refractivity contribution in [3.05, 3.63) is 46.6 Å². The summed E-state index contributed by atoms with van der Waals surface area (Å²) in [5, 5.41) is 15.1. The average molecular weight is 425 g/mol. The number of fused-ring (bicyclic) bond motifs is 2. The number of carbonyl (C=O) groups is 1. The molecule has 2 aromatic heterocycles. The van der Waals surface area contributed by atoms with E-state index in [2.05, 4.69) is 10.3 Å². The second kappa shape index (κ2) is 8.40. The standard InChI is InChI=1S/C23H28N4O2S/c28-14-16(10-15-4-3-5-15)12-24-23-26-19-8-9-27(13-21(19)30-23)22(29)20-11-17-6-1-2-7-18(17)25-20/h1-2,6-7,11,15-16,25,28H,3-5,8-10,12-14H2,(H,24,26). The van der Waals surface area contributed by atoms with Gasteiger partial charge in [0.25, 0.3) is 5.91 Å². The fourth-order valence-corrected chi connectivity index (χ4v) is 5.49. The van der Waals surface area contributed by atoms with Gasteiger partial charge in [0.1, 0.15) is 5.69 Å². The Morgan fingerprint density at radius 3 is 3.00 bits per heavy atom. The number of hydrogen-bond donors (Lipinski definition) is 3. The molecule has 30 heavy (non-hydrogen) atoms. The quantitative estimate of drug-likeness (QED) is 0.535. The molecule has 3 N–H and O–H groups in total. The van der Waals surface area contributed by atoms with Gasteiger partial charge in [-0.2, -0.15) is 0 Å². The fraction of sp³-hybridized carbons (Fsp3) is 0.478. The van der Waals surface area contributed by atoms with Gasteiger partial charge in [-0.3, -0.25) is 4.79 Å². The van der Waals surface area contributed by atoms with Crippen molar-refractivity contribution in [3.8, 4) is 0 Å². The van der Waals surface area contributed by atoms with Crippen molar-refractivity contribution in [1.29, 1.82) is 0 Å². The van der Waals surface area contributed by atoms with Crippen LogP contribution in [0.5, 0.6) is 0 Å². The summed E-state index contributed by atoms with van der Waals surface area (Å²) in [4.78, 5) is 24.1. The number of para-hydroxylation sites is 1. The lowest BCUT2D eigenvalue weighted by Gasteiger charge is -2.28. The minimum absolute atomic E-state index is 0.0422. The van der Waals surface area contributed by atoms with Gasteiger partial charge in [0.15, 0.2) is 5.13 Å². The molecule has 1 saturated carbocycles. The van der Waals surface area contributed by atoms with Gasteiger partial charge >= 0.3 is 0 Å². The molecule has 1 aliphatic carbocycles. The summed E-state index contributed by atoms with van der Waals surface area (Å²) in [7, 11) is 0. The Hall–Kier alpha value is -2.38. The summed E-state index contributed by atoms with van der Waals surface area (Å²) in [5.41, 5.74) is 2.73. The number of thiazole rings is 1. The maximum absolute atomic E-state index is 13.0. The van der Waals surface area contributed by atoms with Crippen LogP contribution in [0.4, 0.5) is 5.13 Å². The number of nitrogens with one attached hydrogen (secondary N) is 2. The van der Waals surface area contributed by atoms with E-state index in [1.165, 1.54) is 19.3 Å². The number of aromatic amines is 1. The maximum Gasteiger partial charge on any atom is 0.270 e. The maximum atomic E-state index is 13.0. The van der Waals surface area contributed by atoms with Crippen LogP contribution in [0.2, 0.25) is 0 Å². The number of hydrogen-bond acceptors (Lipinski definition) is 5. The second-order valence-electron chi connectivity index (χ2n) is 8.60. The average Bonchev–Trinajstić information content (AvgIpc) is 3.35. The molecular weight excluding hydrogens is 396 g/mol. The van der Waals surface area contributed by atoms with Crippen molar-refractivity contribution < 1.29 is 9.90 Å². The number of rotatable bonds is 7. The highest BCUT2D eigenvalue weighted by molar-refractivity contribution is 7.15. The SMILES string of the molecule is O=C(c1cc2ccccc2[nH]1)N1CCc2nc(NCC(CO)CC3CCC3)sc2C1. The van der Waals surface area contributed by atoms with Gasteiger partial charge in [0, 0.05) is 41.9 Å². The third-order valence-corrected chi connectivity index (χ3v) is 7.51. The normalized spacial score (nSPS) is 17.6. The Morgan fingerprint density at radius 2 is 2.23 bits per heavy atom. The largest absolute Gasteiger partial charge is 0.396 e. The number of aromatic nitrogens is 2. The van der Waals surface area contributed by atoms with E-state index in [1.807, 2.05) is 35.2 Å². The lowest BCUT2D eigenvalue weighted by Crippen LogP contribution is -2.35. The van der Waals surface area contributed by atoms with Crippen molar-refractivity contribution in [2.45, 2.75) is 38.6 Å². The van der Waals surface area contributed by atoms with E-state index in [4.69, 9.17) is 4.98 Å². The Bertz CT molecular complexity index is 1010. The molecule has 1 amide bonds. The van der Waals surface area contributed by atoms with Crippen molar-refractivity contribution in [1.82, 2.24) is 14.9 Å². The molecule has 0 spiro atoms. The third kappa shape index (κ3) is 3.96. The van der Waals surface area contributed by atoms with Gasteiger partial charge < -0.3 is 20.3 Å². The summed E-state index contributed by atoms with van der Waals surface area (Å²) in [6.07, 6.45) is 5.83. The Balaban J connectivity index is 1.22. The number of carbonyl (C=O) groups excluding carboxylic acids is 1. The van der Waals surface area contributed by atoms with Crippen LogP contribution in [0.3, 0.4) is 0 Å². The highest BCUT2D eigenvalue weighted by atomic mass is 32.1. The molecule has 1 aliphatic heterocycles. The van der Waals surface area contributed by atoms with Crippen LogP contribution in [0.1, 0.15) is 46.7 Å². The predicted octanol–water partition coefficient (Wildman–Crippen LogP) is 4.03. The summed E-state index contributed by atoms with van der Waals surface area (Å²) in [6, 6.07) is 9.90. The predicted molar refractivity (Wildman–Crippen MR) is 120 cm³/mol. The van der Waals surface area contributed by atoms with Crippen molar-refractivity contribution in [2.75, 3.05) is 25.0 Å². The van der Waals surface area contributed by atoms with E-state index in [1.54, 1.807) is 11.3 Å². The molecule has 3 aromatic rings. The first-order chi connectivity index (χ1) is 14.7. The number of amides is 1. The Kier molecular flexibility index (Phi) is 5.48. The molecule has 158 valence electrons. The first-order valence-corrected chi connectivity index (χ1v) is 11.7. The van der Waals surface area contributed by atoms with E-state index in [9.17, 15) is 9.90 Å². The number of aliphatic hydroxyl groups is 1. The van der Waals surface area contributed by atoms with E-state index in [-0.39, 0.29) is 18.4 Å². The lowest BCUT2D eigenvalue weighted by atomic mass is 9.79. The second-order valence-corrected chi connectivity index (χ2v) is 9.68. The number of H-pyrrole nitrogens is 1. The van der Waals surface area contributed by atoms with Gasteiger partial charge in [-0.15, -0.1) is 0 Å². The molecule has 1 atom stereocenters. The Labute approximate surface area is 180 Å². The molecular formula is C23H28N4O2S. The molecule has 5 rings (SSSR count). The molecule has 0 saturated heterocycles. The van der Waals surface area contributed by atoms with E-state index >= 15 is 0 Å². The van der Waals surface area contributed by atoms with E-state index < -0.39 is 0 Å². The molecule has 3 heterocycles. The van der Waals surface area contributed by atoms with Crippen LogP contribution in [0.15, 0.2) is 30.3 Å². The molecule has 1 unspecified atom stereocenters. The van der Waals surface area contributed by atoms with E-state index in [0.717, 1.165) is 51.9 Å². The van der Waals surface area contributed by atoms with Gasteiger partial charge in [-0.1, -0.05) is 48.8 Å². The van der Waals surface area contributed by atoms with Gasteiger partial charge in [0.05, 0.1) is 12.2 Å². The summed E-state index contributed by atoms with van der Waals surface area (Å²) in [5.74, 6) is 1.12. The summed E-state index contributed by atoms with van der Waals surface area (Å²) >= 11 is 1.64. The van der Waals surface area contributed by atoms with Crippen LogP contribution < -0.4 is 5.32 Å². The van der Waals surface area contributed by atoms with Crippen LogP contribution in [0, 0.1) is 11.8 Å². The number of anilines is 1. The van der Waals surface area contributed by atoms with Crippen LogP contribution in [-0.2, 0) is 13.0 Å². The highest BCUT2D eigenvalue weighted by Gasteiger charge is 2.26. The fourth-order valence-electron chi connectivity index (χ4n) is 4.46. The zero-order chi connectivity index (χ0) is 20.5. The molecule has 1 aromatic carbocycles. The van der Waals surface area contributed by atoms with Gasteiger partial charge in [-0.25, -0.2) is 4.98 Å². The molecule has 7 heteroatoms. The van der Waals surface area contributed by atoms with Crippen LogP contribution in [0.25, 0.3) is 10.9 Å². The van der Waals surface area contributed by atoms with Gasteiger partial charge in [0.2, 0.25) is 0 Å². The first-order valence-electron chi connectivity index (χ1n) is 10.9. The zero-order valence-corrected chi connectivity index (χ0v) is 17.9. The summed E-state index contributed by atoms with van der Waals surface area (Å²) in [6.45, 7) is 2.28. The van der Waals surface area contributed by atoms with Crippen molar-refractivity contribution in [3.63, 3.8) is 0 Å².